The van der Waals surface area contributed by atoms with Gasteiger partial charge in [0.05, 0.1) is 26.2 Å². The third-order valence-electron chi connectivity index (χ3n) is 4.39. The predicted octanol–water partition coefficient (Wildman–Crippen LogP) is 2.85. The third kappa shape index (κ3) is 4.32. The molecule has 7 nitrogen and oxygen atoms in total. The number of ether oxygens (including phenoxy) is 2. The fourth-order valence-corrected chi connectivity index (χ4v) is 4.14. The first-order valence-corrected chi connectivity index (χ1v) is 10.1. The molecule has 1 aromatic rings. The molecule has 0 saturated heterocycles. The first kappa shape index (κ1) is 21.8. The summed E-state index contributed by atoms with van der Waals surface area (Å²) in [6.07, 6.45) is 1.30. The molecule has 1 aliphatic rings. The van der Waals surface area contributed by atoms with Crippen molar-refractivity contribution in [3.63, 3.8) is 0 Å². The van der Waals surface area contributed by atoms with Crippen LogP contribution in [0.4, 0.5) is 0 Å². The van der Waals surface area contributed by atoms with Gasteiger partial charge in [0.1, 0.15) is 16.9 Å². The summed E-state index contributed by atoms with van der Waals surface area (Å²) in [6.45, 7) is 4.37. The van der Waals surface area contributed by atoms with Crippen LogP contribution in [-0.2, 0) is 9.59 Å². The average Bonchev–Trinajstić information content (AvgIpc) is 2.91. The second-order valence-electron chi connectivity index (χ2n) is 6.80. The van der Waals surface area contributed by atoms with Crippen LogP contribution in [-0.4, -0.2) is 60.1 Å². The maximum absolute atomic E-state index is 13.4. The van der Waals surface area contributed by atoms with Gasteiger partial charge in [0, 0.05) is 23.8 Å². The molecule has 2 rings (SSSR count). The molecule has 1 aromatic carbocycles. The quantitative estimate of drug-likeness (QED) is 0.629. The monoisotopic (exact) mass is 407 g/mol. The van der Waals surface area contributed by atoms with E-state index < -0.39 is 29.5 Å². The molecular weight excluding hydrogens is 382 g/mol. The Labute approximate surface area is 168 Å². The number of amides is 1. The highest BCUT2D eigenvalue weighted by Crippen LogP contribution is 2.38. The van der Waals surface area contributed by atoms with Gasteiger partial charge in [0.25, 0.3) is 5.91 Å². The normalized spacial score (nSPS) is 16.7. The standard InChI is InChI=1S/C20H25NO6S/c1-11(2)10-21-19(25)14(9-16(22)23)17(20(21)28-5)18(24)13-7-6-12(26-3)8-15(13)27-4/h6-8,11,20H,9-10H2,1-5H3,(H,22,23)/t20-/m1/s1. The minimum absolute atomic E-state index is 0.0374. The Balaban J connectivity index is 2.59. The number of hydrogen-bond acceptors (Lipinski definition) is 6. The lowest BCUT2D eigenvalue weighted by Gasteiger charge is -2.27. The summed E-state index contributed by atoms with van der Waals surface area (Å²) in [5, 5.41) is 8.76. The molecule has 0 aliphatic carbocycles. The Morgan fingerprint density at radius 3 is 2.43 bits per heavy atom. The van der Waals surface area contributed by atoms with Crippen LogP contribution in [0, 0.1) is 5.92 Å². The number of hydrogen-bond donors (Lipinski definition) is 1. The molecule has 1 heterocycles. The van der Waals surface area contributed by atoms with E-state index in [1.165, 1.54) is 26.0 Å². The summed E-state index contributed by atoms with van der Waals surface area (Å²) in [6, 6.07) is 4.78. The van der Waals surface area contributed by atoms with Crippen LogP contribution in [0.3, 0.4) is 0 Å². The molecule has 1 N–H and O–H groups in total. The molecule has 0 aromatic heterocycles. The van der Waals surface area contributed by atoms with E-state index in [1.54, 1.807) is 29.4 Å². The second kappa shape index (κ2) is 9.14. The van der Waals surface area contributed by atoms with Gasteiger partial charge in [0.2, 0.25) is 0 Å². The van der Waals surface area contributed by atoms with Crippen LogP contribution in [0.1, 0.15) is 30.6 Å². The van der Waals surface area contributed by atoms with Crippen molar-refractivity contribution in [1.82, 2.24) is 4.90 Å². The topological polar surface area (TPSA) is 93.1 Å². The Morgan fingerprint density at radius 1 is 1.25 bits per heavy atom. The van der Waals surface area contributed by atoms with Crippen LogP contribution < -0.4 is 9.47 Å². The van der Waals surface area contributed by atoms with E-state index >= 15 is 0 Å². The van der Waals surface area contributed by atoms with Crippen molar-refractivity contribution in [1.29, 1.82) is 0 Å². The number of thioether (sulfide) groups is 1. The van der Waals surface area contributed by atoms with E-state index in [2.05, 4.69) is 0 Å². The molecule has 0 radical (unpaired) electrons. The lowest BCUT2D eigenvalue weighted by molar-refractivity contribution is -0.137. The summed E-state index contributed by atoms with van der Waals surface area (Å²) in [7, 11) is 2.95. The molecule has 8 heteroatoms. The van der Waals surface area contributed by atoms with Gasteiger partial charge in [-0.05, 0) is 24.3 Å². The number of carbonyl (C=O) groups is 3. The Morgan fingerprint density at radius 2 is 1.93 bits per heavy atom. The second-order valence-corrected chi connectivity index (χ2v) is 7.72. The Kier molecular flexibility index (Phi) is 7.12. The number of benzene rings is 1. The number of methoxy groups -OCH3 is 2. The van der Waals surface area contributed by atoms with Crippen LogP contribution in [0.2, 0.25) is 0 Å². The molecule has 1 aliphatic heterocycles. The molecular formula is C20H25NO6S. The predicted molar refractivity (Wildman–Crippen MR) is 107 cm³/mol. The maximum atomic E-state index is 13.4. The molecule has 0 saturated carbocycles. The van der Waals surface area contributed by atoms with Gasteiger partial charge in [0.15, 0.2) is 5.78 Å². The average molecular weight is 407 g/mol. The van der Waals surface area contributed by atoms with E-state index in [0.29, 0.717) is 18.0 Å². The van der Waals surface area contributed by atoms with Crippen molar-refractivity contribution in [2.45, 2.75) is 25.6 Å². The van der Waals surface area contributed by atoms with Gasteiger partial charge in [-0.1, -0.05) is 13.8 Å². The molecule has 1 atom stereocenters. The zero-order valence-corrected chi connectivity index (χ0v) is 17.5. The van der Waals surface area contributed by atoms with Gasteiger partial charge < -0.3 is 19.5 Å². The molecule has 0 spiro atoms. The van der Waals surface area contributed by atoms with E-state index in [9.17, 15) is 19.5 Å². The van der Waals surface area contributed by atoms with Crippen molar-refractivity contribution in [3.05, 3.63) is 34.9 Å². The number of ketones is 1. The Bertz CT molecular complexity index is 817. The number of aliphatic carboxylic acids is 1. The Hall–Kier alpha value is -2.48. The highest BCUT2D eigenvalue weighted by atomic mass is 32.2. The van der Waals surface area contributed by atoms with Crippen LogP contribution in [0.25, 0.3) is 0 Å². The smallest absolute Gasteiger partial charge is 0.308 e. The highest BCUT2D eigenvalue weighted by molar-refractivity contribution is 7.99. The zero-order chi connectivity index (χ0) is 21.0. The lowest BCUT2D eigenvalue weighted by Crippen LogP contribution is -2.37. The molecule has 1 amide bonds. The van der Waals surface area contributed by atoms with E-state index in [0.717, 1.165) is 0 Å². The maximum Gasteiger partial charge on any atom is 0.308 e. The fraction of sp³-hybridized carbons (Fsp3) is 0.450. The van der Waals surface area contributed by atoms with Gasteiger partial charge in [-0.15, -0.1) is 11.8 Å². The summed E-state index contributed by atoms with van der Waals surface area (Å²) >= 11 is 1.34. The minimum Gasteiger partial charge on any atom is -0.497 e. The number of carboxylic acid groups (broad SMARTS) is 1. The lowest BCUT2D eigenvalue weighted by atomic mass is 9.97. The summed E-state index contributed by atoms with van der Waals surface area (Å²) in [4.78, 5) is 39.3. The number of Topliss-reactive ketones (excluding diaryl/α,β-unsaturated/α-hetero) is 1. The first-order valence-electron chi connectivity index (χ1n) is 8.80. The zero-order valence-electron chi connectivity index (χ0n) is 16.6. The van der Waals surface area contributed by atoms with Crippen LogP contribution in [0.15, 0.2) is 29.3 Å². The molecule has 28 heavy (non-hydrogen) atoms. The SMILES string of the molecule is COc1ccc(C(=O)C2=C(CC(=O)O)C(=O)N(CC(C)C)[C@@H]2SC)c(OC)c1. The van der Waals surface area contributed by atoms with Gasteiger partial charge in [-0.3, -0.25) is 14.4 Å². The van der Waals surface area contributed by atoms with Gasteiger partial charge in [-0.2, -0.15) is 0 Å². The number of carboxylic acids is 1. The van der Waals surface area contributed by atoms with Crippen LogP contribution in [0.5, 0.6) is 11.5 Å². The highest BCUT2D eigenvalue weighted by Gasteiger charge is 2.43. The van der Waals surface area contributed by atoms with Crippen molar-refractivity contribution in [2.24, 2.45) is 5.92 Å². The first-order chi connectivity index (χ1) is 13.2. The molecule has 0 unspecified atom stereocenters. The molecule has 0 bridgehead atoms. The van der Waals surface area contributed by atoms with Crippen LogP contribution >= 0.6 is 11.8 Å². The number of rotatable bonds is 9. The molecule has 152 valence electrons. The van der Waals surface area contributed by atoms with Crippen molar-refractivity contribution in [2.75, 3.05) is 27.0 Å². The number of nitrogens with zero attached hydrogens (tertiary/aromatic N) is 1. The summed E-state index contributed by atoms with van der Waals surface area (Å²) < 4.78 is 10.5. The van der Waals surface area contributed by atoms with E-state index in [1.807, 2.05) is 13.8 Å². The van der Waals surface area contributed by atoms with Crippen molar-refractivity contribution in [3.8, 4) is 11.5 Å². The number of carbonyl (C=O) groups excluding carboxylic acids is 2. The minimum atomic E-state index is -1.15. The van der Waals surface area contributed by atoms with Crippen molar-refractivity contribution >= 4 is 29.4 Å². The van der Waals surface area contributed by atoms with Gasteiger partial charge in [-0.25, -0.2) is 0 Å². The largest absolute Gasteiger partial charge is 0.497 e. The molecule has 0 fully saturated rings. The van der Waals surface area contributed by atoms with Gasteiger partial charge >= 0.3 is 5.97 Å². The summed E-state index contributed by atoms with van der Waals surface area (Å²) in [5.74, 6) is -0.947. The fourth-order valence-electron chi connectivity index (χ4n) is 3.22. The van der Waals surface area contributed by atoms with E-state index in [4.69, 9.17) is 9.47 Å². The van der Waals surface area contributed by atoms with Crippen molar-refractivity contribution < 1.29 is 29.0 Å². The third-order valence-corrected chi connectivity index (χ3v) is 5.32. The van der Waals surface area contributed by atoms with E-state index in [-0.39, 0.29) is 22.6 Å². The summed E-state index contributed by atoms with van der Waals surface area (Å²) in [5.41, 5.74) is 0.513.